The number of aromatic nitrogens is 1. The van der Waals surface area contributed by atoms with Crippen molar-refractivity contribution in [3.63, 3.8) is 0 Å². The van der Waals surface area contributed by atoms with Crippen LogP contribution in [0.4, 0.5) is 10.1 Å². The molecular weight excluding hydrogens is 269 g/mol. The molecule has 0 saturated carbocycles. The van der Waals surface area contributed by atoms with Gasteiger partial charge in [-0.1, -0.05) is 18.2 Å². The molecule has 5 heteroatoms. The van der Waals surface area contributed by atoms with Crippen molar-refractivity contribution >= 4 is 16.6 Å². The molecule has 0 fully saturated rings. The van der Waals surface area contributed by atoms with Crippen LogP contribution < -0.4 is 10.5 Å². The number of nitriles is 1. The van der Waals surface area contributed by atoms with Gasteiger partial charge in [-0.2, -0.15) is 5.26 Å². The topological polar surface area (TPSA) is 71.9 Å². The number of benzene rings is 2. The standard InChI is InChI=1S/C16H10FN3O/c17-12-5-3-6-13(19)16(12)21-15-10(8-18)9-20-14-7-2-1-4-11(14)15/h1-7,9H,19H2. The number of halogens is 1. The Morgan fingerprint density at radius 3 is 2.67 bits per heavy atom. The largest absolute Gasteiger partial charge is 0.450 e. The summed E-state index contributed by atoms with van der Waals surface area (Å²) in [6.07, 6.45) is 1.40. The lowest BCUT2D eigenvalue weighted by atomic mass is 10.1. The minimum Gasteiger partial charge on any atom is -0.450 e. The van der Waals surface area contributed by atoms with Gasteiger partial charge < -0.3 is 10.5 Å². The lowest BCUT2D eigenvalue weighted by Crippen LogP contribution is -1.98. The van der Waals surface area contributed by atoms with Crippen LogP contribution in [0.2, 0.25) is 0 Å². The number of para-hydroxylation sites is 2. The van der Waals surface area contributed by atoms with Gasteiger partial charge in [-0.05, 0) is 24.3 Å². The van der Waals surface area contributed by atoms with E-state index in [4.69, 9.17) is 10.5 Å². The smallest absolute Gasteiger partial charge is 0.185 e. The lowest BCUT2D eigenvalue weighted by molar-refractivity contribution is 0.447. The van der Waals surface area contributed by atoms with Crippen molar-refractivity contribution in [2.75, 3.05) is 5.73 Å². The van der Waals surface area contributed by atoms with E-state index in [1.807, 2.05) is 12.1 Å². The number of anilines is 1. The molecule has 0 aliphatic rings. The first-order valence-electron chi connectivity index (χ1n) is 6.20. The summed E-state index contributed by atoms with van der Waals surface area (Å²) >= 11 is 0. The normalized spacial score (nSPS) is 10.3. The molecule has 102 valence electrons. The summed E-state index contributed by atoms with van der Waals surface area (Å²) in [5.74, 6) is -0.426. The Morgan fingerprint density at radius 2 is 1.90 bits per heavy atom. The molecule has 0 atom stereocenters. The predicted octanol–water partition coefficient (Wildman–Crippen LogP) is 3.62. The molecule has 0 aliphatic heterocycles. The minimum atomic E-state index is -0.584. The summed E-state index contributed by atoms with van der Waals surface area (Å²) in [5, 5.41) is 9.82. The van der Waals surface area contributed by atoms with E-state index in [9.17, 15) is 9.65 Å². The van der Waals surface area contributed by atoms with Gasteiger partial charge in [-0.3, -0.25) is 4.98 Å². The molecule has 2 aromatic carbocycles. The van der Waals surface area contributed by atoms with Crippen LogP contribution in [0.3, 0.4) is 0 Å². The van der Waals surface area contributed by atoms with Gasteiger partial charge in [0.1, 0.15) is 11.6 Å². The lowest BCUT2D eigenvalue weighted by Gasteiger charge is -2.12. The van der Waals surface area contributed by atoms with Crippen LogP contribution in [0, 0.1) is 17.1 Å². The monoisotopic (exact) mass is 279 g/mol. The Morgan fingerprint density at radius 1 is 1.10 bits per heavy atom. The molecule has 0 radical (unpaired) electrons. The summed E-state index contributed by atoms with van der Waals surface area (Å²) < 4.78 is 19.5. The highest BCUT2D eigenvalue weighted by Gasteiger charge is 2.15. The molecule has 0 saturated heterocycles. The van der Waals surface area contributed by atoms with Gasteiger partial charge in [-0.25, -0.2) is 4.39 Å². The maximum Gasteiger partial charge on any atom is 0.185 e. The van der Waals surface area contributed by atoms with Gasteiger partial charge in [0, 0.05) is 11.6 Å². The molecule has 1 aromatic heterocycles. The summed E-state index contributed by atoms with van der Waals surface area (Å²) in [6, 6.07) is 13.4. The molecular formula is C16H10FN3O. The van der Waals surface area contributed by atoms with Crippen molar-refractivity contribution in [3.8, 4) is 17.6 Å². The van der Waals surface area contributed by atoms with E-state index in [1.165, 1.54) is 24.4 Å². The molecule has 3 aromatic rings. The zero-order chi connectivity index (χ0) is 14.8. The number of pyridine rings is 1. The third-order valence-corrected chi connectivity index (χ3v) is 3.05. The first kappa shape index (κ1) is 12.9. The molecule has 1 heterocycles. The number of fused-ring (bicyclic) bond motifs is 1. The number of ether oxygens (including phenoxy) is 1. The Hall–Kier alpha value is -3.13. The Balaban J connectivity index is 2.22. The van der Waals surface area contributed by atoms with E-state index in [1.54, 1.807) is 18.2 Å². The fourth-order valence-corrected chi connectivity index (χ4v) is 2.04. The number of nitrogen functional groups attached to an aromatic ring is 1. The summed E-state index contributed by atoms with van der Waals surface area (Å²) in [5.41, 5.74) is 6.78. The quantitative estimate of drug-likeness (QED) is 0.727. The number of rotatable bonds is 2. The molecule has 3 rings (SSSR count). The Bertz CT molecular complexity index is 851. The second-order valence-corrected chi connectivity index (χ2v) is 4.39. The Labute approximate surface area is 120 Å². The molecule has 4 nitrogen and oxygen atoms in total. The van der Waals surface area contributed by atoms with Crippen LogP contribution >= 0.6 is 0 Å². The van der Waals surface area contributed by atoms with Gasteiger partial charge >= 0.3 is 0 Å². The molecule has 0 amide bonds. The average Bonchev–Trinajstić information content (AvgIpc) is 2.51. The third kappa shape index (κ3) is 2.23. The second kappa shape index (κ2) is 5.10. The molecule has 0 unspecified atom stereocenters. The van der Waals surface area contributed by atoms with Crippen LogP contribution in [0.5, 0.6) is 11.5 Å². The van der Waals surface area contributed by atoms with Gasteiger partial charge in [0.2, 0.25) is 0 Å². The Kier molecular flexibility index (Phi) is 3.13. The number of nitrogens with two attached hydrogens (primary N) is 1. The van der Waals surface area contributed by atoms with Crippen molar-refractivity contribution in [1.82, 2.24) is 4.98 Å². The van der Waals surface area contributed by atoms with E-state index in [0.29, 0.717) is 10.9 Å². The minimum absolute atomic E-state index is 0.0923. The van der Waals surface area contributed by atoms with Gasteiger partial charge in [0.25, 0.3) is 0 Å². The molecule has 0 spiro atoms. The van der Waals surface area contributed by atoms with E-state index in [2.05, 4.69) is 4.98 Å². The fraction of sp³-hybridized carbons (Fsp3) is 0. The van der Waals surface area contributed by atoms with E-state index in [-0.39, 0.29) is 22.7 Å². The van der Waals surface area contributed by atoms with Crippen LogP contribution in [0.1, 0.15) is 5.56 Å². The van der Waals surface area contributed by atoms with Crippen LogP contribution in [-0.2, 0) is 0 Å². The second-order valence-electron chi connectivity index (χ2n) is 4.39. The van der Waals surface area contributed by atoms with Crippen molar-refractivity contribution in [3.05, 3.63) is 60.0 Å². The third-order valence-electron chi connectivity index (χ3n) is 3.05. The number of nitrogens with zero attached hydrogens (tertiary/aromatic N) is 2. The highest BCUT2D eigenvalue weighted by atomic mass is 19.1. The van der Waals surface area contributed by atoms with E-state index >= 15 is 0 Å². The van der Waals surface area contributed by atoms with Crippen molar-refractivity contribution in [2.24, 2.45) is 0 Å². The van der Waals surface area contributed by atoms with Crippen molar-refractivity contribution in [2.45, 2.75) is 0 Å². The average molecular weight is 279 g/mol. The zero-order valence-electron chi connectivity index (χ0n) is 10.9. The molecule has 21 heavy (non-hydrogen) atoms. The number of hydrogen-bond acceptors (Lipinski definition) is 4. The van der Waals surface area contributed by atoms with Gasteiger partial charge in [0.15, 0.2) is 17.3 Å². The summed E-state index contributed by atoms with van der Waals surface area (Å²) in [7, 11) is 0. The first-order valence-corrected chi connectivity index (χ1v) is 6.20. The molecule has 0 aliphatic carbocycles. The molecule has 0 bridgehead atoms. The van der Waals surface area contributed by atoms with Crippen molar-refractivity contribution < 1.29 is 9.13 Å². The van der Waals surface area contributed by atoms with E-state index < -0.39 is 5.82 Å². The SMILES string of the molecule is N#Cc1cnc2ccccc2c1Oc1c(N)cccc1F. The zero-order valence-corrected chi connectivity index (χ0v) is 10.9. The fourth-order valence-electron chi connectivity index (χ4n) is 2.04. The summed E-state index contributed by atoms with van der Waals surface area (Å²) in [4.78, 5) is 4.17. The van der Waals surface area contributed by atoms with Gasteiger partial charge in [0.05, 0.1) is 11.2 Å². The first-order chi connectivity index (χ1) is 10.2. The highest BCUT2D eigenvalue weighted by molar-refractivity contribution is 5.87. The van der Waals surface area contributed by atoms with Gasteiger partial charge in [-0.15, -0.1) is 0 Å². The summed E-state index contributed by atoms with van der Waals surface area (Å²) in [6.45, 7) is 0. The molecule has 2 N–H and O–H groups in total. The van der Waals surface area contributed by atoms with Crippen LogP contribution in [0.15, 0.2) is 48.7 Å². The highest BCUT2D eigenvalue weighted by Crippen LogP contribution is 2.36. The van der Waals surface area contributed by atoms with E-state index in [0.717, 1.165) is 0 Å². The van der Waals surface area contributed by atoms with Crippen LogP contribution in [0.25, 0.3) is 10.9 Å². The maximum absolute atomic E-state index is 13.9. The maximum atomic E-state index is 13.9. The predicted molar refractivity (Wildman–Crippen MR) is 77.3 cm³/mol. The van der Waals surface area contributed by atoms with Crippen molar-refractivity contribution in [1.29, 1.82) is 5.26 Å². The van der Waals surface area contributed by atoms with Crippen LogP contribution in [-0.4, -0.2) is 4.98 Å². The number of hydrogen-bond donors (Lipinski definition) is 1.